The van der Waals surface area contributed by atoms with E-state index in [0.29, 0.717) is 0 Å². The first-order valence-corrected chi connectivity index (χ1v) is 7.70. The van der Waals surface area contributed by atoms with Gasteiger partial charge in [0, 0.05) is 18.9 Å². The van der Waals surface area contributed by atoms with E-state index >= 15 is 0 Å². The van der Waals surface area contributed by atoms with Crippen molar-refractivity contribution in [3.05, 3.63) is 29.8 Å². The number of hydrogen-bond donors (Lipinski definition) is 0. The fourth-order valence-corrected chi connectivity index (χ4v) is 3.70. The van der Waals surface area contributed by atoms with Crippen LogP contribution < -0.4 is 0 Å². The highest BCUT2D eigenvalue weighted by molar-refractivity contribution is 7.89. The summed E-state index contributed by atoms with van der Waals surface area (Å²) in [5, 5.41) is 0. The molecule has 1 aromatic rings. The summed E-state index contributed by atoms with van der Waals surface area (Å²) in [4.78, 5) is 0.230. The maximum absolute atomic E-state index is 12.5. The smallest absolute Gasteiger partial charge is 0.287 e. The van der Waals surface area contributed by atoms with Gasteiger partial charge < -0.3 is 0 Å². The van der Waals surface area contributed by atoms with E-state index in [4.69, 9.17) is 0 Å². The summed E-state index contributed by atoms with van der Waals surface area (Å²) in [5.41, 5.74) is 0.982. The first kappa shape index (κ1) is 14.5. The third-order valence-corrected chi connectivity index (χ3v) is 5.43. The normalized spacial score (nSPS) is 18.5. The minimum absolute atomic E-state index is 0.172. The van der Waals surface area contributed by atoms with Crippen LogP contribution in [0, 0.1) is 6.92 Å². The van der Waals surface area contributed by atoms with E-state index in [1.807, 2.05) is 6.92 Å². The van der Waals surface area contributed by atoms with Gasteiger partial charge in [-0.1, -0.05) is 17.7 Å². The van der Waals surface area contributed by atoms with Gasteiger partial charge in [0.05, 0.1) is 4.90 Å². The van der Waals surface area contributed by atoms with Gasteiger partial charge in [0.2, 0.25) is 10.0 Å². The Bertz CT molecular complexity index is 525. The van der Waals surface area contributed by atoms with Gasteiger partial charge in [0.25, 0.3) is 0 Å². The van der Waals surface area contributed by atoms with Crippen molar-refractivity contribution >= 4 is 17.3 Å². The van der Waals surface area contributed by atoms with Gasteiger partial charge in [-0.2, -0.15) is 4.31 Å². The first-order chi connectivity index (χ1) is 8.91. The lowest BCUT2D eigenvalue weighted by atomic mass is 9.72. The number of rotatable bonds is 3. The highest BCUT2D eigenvalue weighted by atomic mass is 32.2. The van der Waals surface area contributed by atoms with Gasteiger partial charge in [0.15, 0.2) is 0 Å². The summed E-state index contributed by atoms with van der Waals surface area (Å²) in [6.45, 7) is 2.22. The van der Waals surface area contributed by atoms with Crippen LogP contribution >= 0.6 is 0 Å². The molecule has 1 aliphatic heterocycles. The van der Waals surface area contributed by atoms with Crippen molar-refractivity contribution in [1.82, 2.24) is 4.31 Å². The molecule has 0 amide bonds. The minimum atomic E-state index is -3.54. The second-order valence-corrected chi connectivity index (χ2v) is 6.83. The zero-order valence-corrected chi connectivity index (χ0v) is 11.5. The maximum atomic E-state index is 12.5. The lowest BCUT2D eigenvalue weighted by molar-refractivity contribution is 0.333. The third kappa shape index (κ3) is 3.15. The minimum Gasteiger partial charge on any atom is -0.287 e. The molecule has 104 valence electrons. The Morgan fingerprint density at radius 3 is 2.16 bits per heavy atom. The number of sulfonamides is 1. The fraction of sp³-hybridized carbons (Fsp3) is 0.500. The molecule has 1 aliphatic rings. The van der Waals surface area contributed by atoms with Crippen LogP contribution in [-0.4, -0.2) is 33.1 Å². The monoisotopic (exact) mass is 287 g/mol. The second-order valence-electron chi connectivity index (χ2n) is 4.89. The lowest BCUT2D eigenvalue weighted by Gasteiger charge is -2.30. The molecule has 2 rings (SSSR count). The summed E-state index contributed by atoms with van der Waals surface area (Å²) < 4.78 is 51.0. The molecule has 0 aromatic heterocycles. The summed E-state index contributed by atoms with van der Waals surface area (Å²) in [7, 11) is -5.90. The summed E-state index contributed by atoms with van der Waals surface area (Å²) in [6, 6.07) is 6.59. The van der Waals surface area contributed by atoms with E-state index in [2.05, 4.69) is 0 Å². The molecule has 0 unspecified atom stereocenters. The van der Waals surface area contributed by atoms with Crippen LogP contribution in [0.2, 0.25) is 5.82 Å². The summed E-state index contributed by atoms with van der Waals surface area (Å²) in [6.07, 6.45) is 0.450. The number of aryl methyl sites for hydroxylation is 1. The Balaban J connectivity index is 2.12. The molecule has 0 radical (unpaired) electrons. The topological polar surface area (TPSA) is 37.4 Å². The number of piperidine rings is 1. The molecule has 0 saturated carbocycles. The zero-order chi connectivity index (χ0) is 14.0. The molecular weight excluding hydrogens is 271 g/mol. The van der Waals surface area contributed by atoms with Crippen molar-refractivity contribution in [1.29, 1.82) is 0 Å². The van der Waals surface area contributed by atoms with Crippen LogP contribution in [0.5, 0.6) is 0 Å². The number of hydrogen-bond acceptors (Lipinski definition) is 2. The van der Waals surface area contributed by atoms with E-state index in [1.165, 1.54) is 4.31 Å². The molecule has 1 heterocycles. The molecule has 1 aromatic carbocycles. The molecule has 0 aliphatic carbocycles. The average Bonchev–Trinajstić information content (AvgIpc) is 2.39. The van der Waals surface area contributed by atoms with E-state index < -0.39 is 23.1 Å². The average molecular weight is 287 g/mol. The first-order valence-electron chi connectivity index (χ1n) is 6.26. The molecule has 1 saturated heterocycles. The van der Waals surface area contributed by atoms with Crippen molar-refractivity contribution in [2.45, 2.75) is 30.5 Å². The van der Waals surface area contributed by atoms with Gasteiger partial charge >= 0.3 is 7.27 Å². The van der Waals surface area contributed by atoms with Crippen molar-refractivity contribution in [2.75, 3.05) is 13.1 Å². The molecular formula is C12H16BF2NO2S. The van der Waals surface area contributed by atoms with Crippen LogP contribution in [0.4, 0.5) is 8.63 Å². The summed E-state index contributed by atoms with van der Waals surface area (Å²) in [5.74, 6) is -0.676. The van der Waals surface area contributed by atoms with Crippen molar-refractivity contribution in [3.63, 3.8) is 0 Å². The molecule has 0 atom stereocenters. The Kier molecular flexibility index (Phi) is 4.25. The van der Waals surface area contributed by atoms with Crippen LogP contribution in [0.25, 0.3) is 0 Å². The number of halogens is 2. The number of nitrogens with zero attached hydrogens (tertiary/aromatic N) is 1. The fourth-order valence-electron chi connectivity index (χ4n) is 2.23. The highest BCUT2D eigenvalue weighted by Gasteiger charge is 2.35. The molecule has 0 bridgehead atoms. The summed E-state index contributed by atoms with van der Waals surface area (Å²) >= 11 is 0. The standard InChI is InChI=1S/C12H16BF2NO2S/c1-10-2-4-12(5-3-10)19(17,18)16-8-6-11(7-9-16)13(14)15/h2-5,11H,6-9H2,1H3. The van der Waals surface area contributed by atoms with E-state index in [0.717, 1.165) is 5.56 Å². The Hall–Kier alpha value is -0.945. The van der Waals surface area contributed by atoms with Gasteiger partial charge in [-0.05, 0) is 31.9 Å². The predicted octanol–water partition coefficient (Wildman–Crippen LogP) is 2.58. The van der Waals surface area contributed by atoms with Crippen LogP contribution in [0.15, 0.2) is 29.2 Å². The lowest BCUT2D eigenvalue weighted by Crippen LogP contribution is -2.38. The molecule has 0 spiro atoms. The van der Waals surface area contributed by atoms with Gasteiger partial charge in [0.1, 0.15) is 0 Å². The van der Waals surface area contributed by atoms with Crippen LogP contribution in [0.1, 0.15) is 18.4 Å². The Morgan fingerprint density at radius 1 is 1.16 bits per heavy atom. The number of benzene rings is 1. The van der Waals surface area contributed by atoms with Gasteiger partial charge in [-0.25, -0.2) is 8.42 Å². The third-order valence-electron chi connectivity index (χ3n) is 3.51. The highest BCUT2D eigenvalue weighted by Crippen LogP contribution is 2.30. The maximum Gasteiger partial charge on any atom is 0.541 e. The van der Waals surface area contributed by atoms with Gasteiger partial charge in [-0.3, -0.25) is 8.63 Å². The van der Waals surface area contributed by atoms with Crippen molar-refractivity contribution < 1.29 is 17.0 Å². The molecule has 3 nitrogen and oxygen atoms in total. The molecule has 19 heavy (non-hydrogen) atoms. The quantitative estimate of drug-likeness (QED) is 0.801. The van der Waals surface area contributed by atoms with Gasteiger partial charge in [-0.15, -0.1) is 0 Å². The van der Waals surface area contributed by atoms with E-state index in [1.54, 1.807) is 24.3 Å². The second kappa shape index (κ2) is 5.59. The zero-order valence-electron chi connectivity index (χ0n) is 10.7. The molecule has 7 heteroatoms. The Morgan fingerprint density at radius 2 is 1.68 bits per heavy atom. The van der Waals surface area contributed by atoms with Crippen LogP contribution in [0.3, 0.4) is 0 Å². The van der Waals surface area contributed by atoms with E-state index in [-0.39, 0.29) is 30.8 Å². The SMILES string of the molecule is Cc1ccc(S(=O)(=O)N2CCC(B(F)F)CC2)cc1. The van der Waals surface area contributed by atoms with Crippen LogP contribution in [-0.2, 0) is 10.0 Å². The van der Waals surface area contributed by atoms with E-state index in [9.17, 15) is 17.0 Å². The molecule has 0 N–H and O–H groups in total. The van der Waals surface area contributed by atoms with Crippen molar-refractivity contribution in [3.8, 4) is 0 Å². The Labute approximate surface area is 112 Å². The molecule has 1 fully saturated rings. The van der Waals surface area contributed by atoms with Crippen molar-refractivity contribution in [2.24, 2.45) is 0 Å². The predicted molar refractivity (Wildman–Crippen MR) is 70.9 cm³/mol. The largest absolute Gasteiger partial charge is 0.541 e.